The SMILES string of the molecule is CCCNCc1cc(N(CCC)CCC)ncc1Cl. The molecule has 1 aromatic heterocycles. The average Bonchev–Trinajstić information content (AvgIpc) is 2.41. The fourth-order valence-corrected chi connectivity index (χ4v) is 2.23. The monoisotopic (exact) mass is 283 g/mol. The van der Waals surface area contributed by atoms with E-state index < -0.39 is 0 Å². The zero-order valence-electron chi connectivity index (χ0n) is 12.4. The molecule has 0 amide bonds. The molecule has 1 N–H and O–H groups in total. The highest BCUT2D eigenvalue weighted by Gasteiger charge is 2.09. The van der Waals surface area contributed by atoms with Crippen LogP contribution in [0.1, 0.15) is 45.6 Å². The Bertz CT molecular complexity index is 362. The highest BCUT2D eigenvalue weighted by molar-refractivity contribution is 6.31. The molecule has 0 saturated heterocycles. The first kappa shape index (κ1) is 16.3. The number of hydrogen-bond donors (Lipinski definition) is 1. The van der Waals surface area contributed by atoms with Gasteiger partial charge in [-0.25, -0.2) is 4.98 Å². The molecule has 1 aromatic rings. The summed E-state index contributed by atoms with van der Waals surface area (Å²) in [5.74, 6) is 1.04. The summed E-state index contributed by atoms with van der Waals surface area (Å²) in [5.41, 5.74) is 1.14. The topological polar surface area (TPSA) is 28.2 Å². The lowest BCUT2D eigenvalue weighted by molar-refractivity contribution is 0.673. The van der Waals surface area contributed by atoms with Gasteiger partial charge in [0.05, 0.1) is 5.02 Å². The van der Waals surface area contributed by atoms with Crippen molar-refractivity contribution in [2.75, 3.05) is 24.5 Å². The van der Waals surface area contributed by atoms with E-state index in [-0.39, 0.29) is 0 Å². The van der Waals surface area contributed by atoms with Gasteiger partial charge in [0.25, 0.3) is 0 Å². The Hall–Kier alpha value is -0.800. The van der Waals surface area contributed by atoms with E-state index in [0.29, 0.717) is 0 Å². The Balaban J connectivity index is 2.79. The Kier molecular flexibility index (Phi) is 7.84. The molecular formula is C15H26ClN3. The molecule has 0 aromatic carbocycles. The van der Waals surface area contributed by atoms with Crippen molar-refractivity contribution in [3.8, 4) is 0 Å². The van der Waals surface area contributed by atoms with Gasteiger partial charge >= 0.3 is 0 Å². The first-order valence-electron chi connectivity index (χ1n) is 7.32. The van der Waals surface area contributed by atoms with Crippen LogP contribution in [0.3, 0.4) is 0 Å². The van der Waals surface area contributed by atoms with E-state index in [0.717, 1.165) is 61.8 Å². The van der Waals surface area contributed by atoms with Crippen molar-refractivity contribution >= 4 is 17.4 Å². The number of pyridine rings is 1. The van der Waals surface area contributed by atoms with Crippen LogP contribution < -0.4 is 10.2 Å². The fraction of sp³-hybridized carbons (Fsp3) is 0.667. The summed E-state index contributed by atoms with van der Waals surface area (Å²) in [5, 5.41) is 4.14. The highest BCUT2D eigenvalue weighted by atomic mass is 35.5. The van der Waals surface area contributed by atoms with Crippen molar-refractivity contribution < 1.29 is 0 Å². The predicted molar refractivity (Wildman–Crippen MR) is 84.0 cm³/mol. The van der Waals surface area contributed by atoms with Crippen LogP contribution in [0.25, 0.3) is 0 Å². The second-order valence-corrected chi connectivity index (χ2v) is 5.20. The maximum Gasteiger partial charge on any atom is 0.128 e. The second kappa shape index (κ2) is 9.16. The van der Waals surface area contributed by atoms with Crippen LogP contribution in [0.2, 0.25) is 5.02 Å². The molecule has 1 rings (SSSR count). The number of nitrogens with zero attached hydrogens (tertiary/aromatic N) is 2. The largest absolute Gasteiger partial charge is 0.357 e. The summed E-state index contributed by atoms with van der Waals surface area (Å²) < 4.78 is 0. The molecule has 0 aliphatic rings. The fourth-order valence-electron chi connectivity index (χ4n) is 2.06. The predicted octanol–water partition coefficient (Wildman–Crippen LogP) is 3.86. The molecule has 0 fully saturated rings. The molecule has 0 spiro atoms. The summed E-state index contributed by atoms with van der Waals surface area (Å²) in [6.45, 7) is 10.5. The Morgan fingerprint density at radius 2 is 1.84 bits per heavy atom. The van der Waals surface area contributed by atoms with Crippen molar-refractivity contribution in [1.29, 1.82) is 0 Å². The van der Waals surface area contributed by atoms with Crippen LogP contribution in [-0.2, 0) is 6.54 Å². The molecule has 3 nitrogen and oxygen atoms in total. The quantitative estimate of drug-likeness (QED) is 0.698. The molecule has 0 saturated carbocycles. The van der Waals surface area contributed by atoms with Crippen molar-refractivity contribution in [3.05, 3.63) is 22.8 Å². The molecule has 4 heteroatoms. The van der Waals surface area contributed by atoms with Crippen molar-refractivity contribution in [3.63, 3.8) is 0 Å². The standard InChI is InChI=1S/C15H26ClN3/c1-4-7-17-11-13-10-15(18-12-14(13)16)19(8-5-2)9-6-3/h10,12,17H,4-9,11H2,1-3H3. The molecule has 1 heterocycles. The molecule has 0 aliphatic carbocycles. The number of nitrogens with one attached hydrogen (secondary N) is 1. The van der Waals surface area contributed by atoms with Gasteiger partial charge in [-0.2, -0.15) is 0 Å². The van der Waals surface area contributed by atoms with Crippen molar-refractivity contribution in [1.82, 2.24) is 10.3 Å². The average molecular weight is 284 g/mol. The third-order valence-corrected chi connectivity index (χ3v) is 3.31. The highest BCUT2D eigenvalue weighted by Crippen LogP contribution is 2.21. The molecule has 0 bridgehead atoms. The first-order chi connectivity index (χ1) is 9.22. The van der Waals surface area contributed by atoms with Crippen LogP contribution in [-0.4, -0.2) is 24.6 Å². The first-order valence-corrected chi connectivity index (χ1v) is 7.70. The Morgan fingerprint density at radius 1 is 1.16 bits per heavy atom. The maximum atomic E-state index is 6.21. The van der Waals surface area contributed by atoms with Crippen LogP contribution in [0.15, 0.2) is 12.3 Å². The third kappa shape index (κ3) is 5.37. The lowest BCUT2D eigenvalue weighted by atomic mass is 10.2. The van der Waals surface area contributed by atoms with E-state index in [9.17, 15) is 0 Å². The van der Waals surface area contributed by atoms with Crippen molar-refractivity contribution in [2.45, 2.75) is 46.6 Å². The number of hydrogen-bond acceptors (Lipinski definition) is 3. The molecule has 108 valence electrons. The van der Waals surface area contributed by atoms with Crippen LogP contribution in [0.4, 0.5) is 5.82 Å². The van der Waals surface area contributed by atoms with Crippen LogP contribution in [0.5, 0.6) is 0 Å². The minimum absolute atomic E-state index is 0.750. The molecule has 0 aliphatic heterocycles. The van der Waals surface area contributed by atoms with Gasteiger partial charge in [-0.1, -0.05) is 32.4 Å². The van der Waals surface area contributed by atoms with Gasteiger partial charge in [0.15, 0.2) is 0 Å². The summed E-state index contributed by atoms with van der Waals surface area (Å²) in [6, 6.07) is 2.12. The smallest absolute Gasteiger partial charge is 0.128 e. The Labute approximate surface area is 122 Å². The molecule has 0 radical (unpaired) electrons. The third-order valence-electron chi connectivity index (χ3n) is 2.97. The normalized spacial score (nSPS) is 10.7. The minimum Gasteiger partial charge on any atom is -0.357 e. The minimum atomic E-state index is 0.750. The molecular weight excluding hydrogens is 258 g/mol. The zero-order chi connectivity index (χ0) is 14.1. The molecule has 19 heavy (non-hydrogen) atoms. The van der Waals surface area contributed by atoms with Crippen LogP contribution in [0, 0.1) is 0 Å². The number of halogens is 1. The molecule has 0 unspecified atom stereocenters. The lowest BCUT2D eigenvalue weighted by Gasteiger charge is -2.23. The van der Waals surface area contributed by atoms with Crippen LogP contribution >= 0.6 is 11.6 Å². The van der Waals surface area contributed by atoms with Gasteiger partial charge in [0.2, 0.25) is 0 Å². The summed E-state index contributed by atoms with van der Waals surface area (Å²) in [7, 11) is 0. The van der Waals surface area contributed by atoms with E-state index >= 15 is 0 Å². The zero-order valence-corrected chi connectivity index (χ0v) is 13.1. The van der Waals surface area contributed by atoms with E-state index in [1.54, 1.807) is 6.20 Å². The van der Waals surface area contributed by atoms with Gasteiger partial charge in [-0.05, 0) is 37.4 Å². The van der Waals surface area contributed by atoms with E-state index in [1.807, 2.05) is 0 Å². The number of anilines is 1. The summed E-state index contributed by atoms with van der Waals surface area (Å²) in [4.78, 5) is 6.80. The van der Waals surface area contributed by atoms with E-state index in [2.05, 4.69) is 42.0 Å². The van der Waals surface area contributed by atoms with Gasteiger partial charge in [0, 0.05) is 25.8 Å². The second-order valence-electron chi connectivity index (χ2n) is 4.80. The van der Waals surface area contributed by atoms with Gasteiger partial charge < -0.3 is 10.2 Å². The van der Waals surface area contributed by atoms with E-state index in [4.69, 9.17) is 11.6 Å². The summed E-state index contributed by atoms with van der Waals surface area (Å²) in [6.07, 6.45) is 5.17. The van der Waals surface area contributed by atoms with Gasteiger partial charge in [-0.15, -0.1) is 0 Å². The maximum absolute atomic E-state index is 6.21. The number of aromatic nitrogens is 1. The summed E-state index contributed by atoms with van der Waals surface area (Å²) >= 11 is 6.21. The molecule has 0 atom stereocenters. The van der Waals surface area contributed by atoms with E-state index in [1.165, 1.54) is 0 Å². The van der Waals surface area contributed by atoms with Gasteiger partial charge in [-0.3, -0.25) is 0 Å². The van der Waals surface area contributed by atoms with Gasteiger partial charge in [0.1, 0.15) is 5.82 Å². The van der Waals surface area contributed by atoms with Crippen molar-refractivity contribution in [2.24, 2.45) is 0 Å². The Morgan fingerprint density at radius 3 is 2.42 bits per heavy atom. The number of rotatable bonds is 9. The lowest BCUT2D eigenvalue weighted by Crippen LogP contribution is -2.26.